The minimum Gasteiger partial charge on any atom is -0.463 e. The first-order valence-corrected chi connectivity index (χ1v) is 8.74. The molecule has 0 radical (unpaired) electrons. The van der Waals surface area contributed by atoms with Gasteiger partial charge >= 0.3 is 17.9 Å². The number of hydrogen-bond donors (Lipinski definition) is 1. The third-order valence-corrected chi connectivity index (χ3v) is 3.95. The molecule has 0 aromatic heterocycles. The molecule has 5 atom stereocenters. The minimum atomic E-state index is -1.59. The van der Waals surface area contributed by atoms with E-state index in [0.717, 1.165) is 12.5 Å². The fourth-order valence-electron chi connectivity index (χ4n) is 2.84. The maximum Gasteiger partial charge on any atom is 0.303 e. The Morgan fingerprint density at radius 2 is 1.54 bits per heavy atom. The molecule has 1 aromatic carbocycles. The number of benzene rings is 1. The molecule has 1 heterocycles. The van der Waals surface area contributed by atoms with Crippen LogP contribution >= 0.6 is 0 Å². The van der Waals surface area contributed by atoms with Crippen molar-refractivity contribution in [3.8, 4) is 0 Å². The average molecular weight is 396 g/mol. The summed E-state index contributed by atoms with van der Waals surface area (Å²) in [5, 5.41) is 10.3. The van der Waals surface area contributed by atoms with E-state index in [-0.39, 0.29) is 13.2 Å². The Balaban J connectivity index is 2.26. The lowest BCUT2D eigenvalue weighted by molar-refractivity contribution is -0.301. The summed E-state index contributed by atoms with van der Waals surface area (Å²) < 4.78 is 26.7. The number of hydrogen-bond acceptors (Lipinski definition) is 9. The van der Waals surface area contributed by atoms with Crippen LogP contribution in [0.1, 0.15) is 26.3 Å². The normalized spacial score (nSPS) is 26.9. The molecule has 0 bridgehead atoms. The monoisotopic (exact) mass is 396 g/mol. The maximum atomic E-state index is 11.6. The van der Waals surface area contributed by atoms with E-state index in [9.17, 15) is 19.5 Å². The maximum absolute atomic E-state index is 11.6. The summed E-state index contributed by atoms with van der Waals surface area (Å²) in [6, 6.07) is 9.20. The molecule has 1 unspecified atom stereocenters. The molecule has 1 fully saturated rings. The van der Waals surface area contributed by atoms with Crippen LogP contribution in [0.25, 0.3) is 0 Å². The van der Waals surface area contributed by atoms with Crippen molar-refractivity contribution in [2.45, 2.75) is 58.1 Å². The van der Waals surface area contributed by atoms with E-state index in [0.29, 0.717) is 0 Å². The summed E-state index contributed by atoms with van der Waals surface area (Å²) in [4.78, 5) is 34.2. The van der Waals surface area contributed by atoms with E-state index in [4.69, 9.17) is 23.7 Å². The highest BCUT2D eigenvalue weighted by Gasteiger charge is 2.50. The molecule has 28 heavy (non-hydrogen) atoms. The Bertz CT molecular complexity index is 675. The first kappa shape index (κ1) is 21.8. The Hall–Kier alpha value is -2.49. The van der Waals surface area contributed by atoms with Gasteiger partial charge in [0.2, 0.25) is 0 Å². The molecule has 0 saturated carbocycles. The van der Waals surface area contributed by atoms with Crippen LogP contribution in [0.4, 0.5) is 0 Å². The van der Waals surface area contributed by atoms with Gasteiger partial charge in [-0.25, -0.2) is 0 Å². The van der Waals surface area contributed by atoms with Gasteiger partial charge in [0.25, 0.3) is 0 Å². The highest BCUT2D eigenvalue weighted by Crippen LogP contribution is 2.28. The van der Waals surface area contributed by atoms with E-state index >= 15 is 0 Å². The van der Waals surface area contributed by atoms with Gasteiger partial charge in [-0.2, -0.15) is 0 Å². The quantitative estimate of drug-likeness (QED) is 0.525. The van der Waals surface area contributed by atoms with E-state index in [1.165, 1.54) is 13.8 Å². The standard InChI is InChI=1S/C19H24O9/c1-11(20)24-10-15-16(25-9-14-7-5-4-6-8-14)17(26-12(2)21)18(19(23)28-15)27-13(3)22/h4-8,15-19,23H,9-10H2,1-3H3/t15-,16-,17+,18-,19?/m0/s1. The van der Waals surface area contributed by atoms with Gasteiger partial charge in [0, 0.05) is 20.8 Å². The third kappa shape index (κ3) is 6.29. The van der Waals surface area contributed by atoms with Crippen LogP contribution in [0.2, 0.25) is 0 Å². The van der Waals surface area contributed by atoms with Crippen LogP contribution in [-0.4, -0.2) is 60.3 Å². The van der Waals surface area contributed by atoms with Gasteiger partial charge in [0.15, 0.2) is 18.5 Å². The van der Waals surface area contributed by atoms with Crippen LogP contribution in [0.5, 0.6) is 0 Å². The van der Waals surface area contributed by atoms with Crippen molar-refractivity contribution in [1.29, 1.82) is 0 Å². The molecule has 2 rings (SSSR count). The van der Waals surface area contributed by atoms with Crippen molar-refractivity contribution in [2.24, 2.45) is 0 Å². The third-order valence-electron chi connectivity index (χ3n) is 3.95. The van der Waals surface area contributed by atoms with Crippen molar-refractivity contribution in [3.05, 3.63) is 35.9 Å². The van der Waals surface area contributed by atoms with E-state index in [2.05, 4.69) is 0 Å². The minimum absolute atomic E-state index is 0.131. The molecule has 1 aromatic rings. The van der Waals surface area contributed by atoms with Crippen molar-refractivity contribution in [2.75, 3.05) is 6.61 Å². The molecular weight excluding hydrogens is 372 g/mol. The van der Waals surface area contributed by atoms with E-state index in [1.54, 1.807) is 0 Å². The van der Waals surface area contributed by atoms with Gasteiger partial charge in [0.1, 0.15) is 18.8 Å². The average Bonchev–Trinajstić information content (AvgIpc) is 2.62. The van der Waals surface area contributed by atoms with Crippen molar-refractivity contribution in [1.82, 2.24) is 0 Å². The molecule has 0 aliphatic carbocycles. The number of ether oxygens (including phenoxy) is 5. The van der Waals surface area contributed by atoms with Crippen LogP contribution < -0.4 is 0 Å². The summed E-state index contributed by atoms with van der Waals surface area (Å²) in [7, 11) is 0. The smallest absolute Gasteiger partial charge is 0.303 e. The van der Waals surface area contributed by atoms with Crippen LogP contribution in [0, 0.1) is 0 Å². The Morgan fingerprint density at radius 3 is 2.11 bits per heavy atom. The Morgan fingerprint density at radius 1 is 0.929 bits per heavy atom. The number of esters is 3. The van der Waals surface area contributed by atoms with Crippen LogP contribution in [-0.2, 0) is 44.7 Å². The predicted molar refractivity (Wildman–Crippen MR) is 93.6 cm³/mol. The zero-order valence-corrected chi connectivity index (χ0v) is 15.9. The molecule has 9 heteroatoms. The fourth-order valence-corrected chi connectivity index (χ4v) is 2.84. The van der Waals surface area contributed by atoms with Crippen LogP contribution in [0.3, 0.4) is 0 Å². The highest BCUT2D eigenvalue weighted by molar-refractivity contribution is 5.67. The Labute approximate surface area is 162 Å². The molecule has 0 spiro atoms. The molecule has 154 valence electrons. The Kier molecular flexibility index (Phi) is 7.91. The molecular formula is C19H24O9. The number of carbonyl (C=O) groups is 3. The number of carbonyl (C=O) groups excluding carboxylic acids is 3. The summed E-state index contributed by atoms with van der Waals surface area (Å²) in [6.45, 7) is 3.46. The molecule has 9 nitrogen and oxygen atoms in total. The second kappa shape index (κ2) is 10.2. The second-order valence-electron chi connectivity index (χ2n) is 6.28. The fraction of sp³-hybridized carbons (Fsp3) is 0.526. The zero-order valence-electron chi connectivity index (χ0n) is 15.9. The molecule has 0 amide bonds. The van der Waals surface area contributed by atoms with Crippen LogP contribution in [0.15, 0.2) is 30.3 Å². The summed E-state index contributed by atoms with van der Waals surface area (Å²) in [5.41, 5.74) is 0.838. The summed E-state index contributed by atoms with van der Waals surface area (Å²) in [5.74, 6) is -1.90. The van der Waals surface area contributed by atoms with Gasteiger partial charge < -0.3 is 28.8 Å². The zero-order chi connectivity index (χ0) is 20.7. The number of aliphatic hydroxyl groups is 1. The lowest BCUT2D eigenvalue weighted by Gasteiger charge is -2.43. The van der Waals surface area contributed by atoms with Gasteiger partial charge in [-0.05, 0) is 5.56 Å². The predicted octanol–water partition coefficient (Wildman–Crippen LogP) is 0.716. The van der Waals surface area contributed by atoms with Gasteiger partial charge in [-0.3, -0.25) is 14.4 Å². The van der Waals surface area contributed by atoms with Gasteiger partial charge in [-0.1, -0.05) is 30.3 Å². The molecule has 1 N–H and O–H groups in total. The lowest BCUT2D eigenvalue weighted by Crippen LogP contribution is -2.62. The van der Waals surface area contributed by atoms with E-state index < -0.39 is 48.6 Å². The molecule has 1 aliphatic heterocycles. The van der Waals surface area contributed by atoms with Gasteiger partial charge in [0.05, 0.1) is 6.61 Å². The summed E-state index contributed by atoms with van der Waals surface area (Å²) >= 11 is 0. The number of rotatable bonds is 7. The lowest BCUT2D eigenvalue weighted by atomic mass is 9.98. The largest absolute Gasteiger partial charge is 0.463 e. The van der Waals surface area contributed by atoms with E-state index in [1.807, 2.05) is 30.3 Å². The van der Waals surface area contributed by atoms with Crippen molar-refractivity contribution in [3.63, 3.8) is 0 Å². The number of aliphatic hydroxyl groups excluding tert-OH is 1. The first-order valence-electron chi connectivity index (χ1n) is 8.74. The first-order chi connectivity index (χ1) is 13.3. The SMILES string of the molecule is CC(=O)OC[C@@H]1OC(O)[C@@H](OC(C)=O)[C@H](OC(C)=O)[C@H]1OCc1ccccc1. The molecule has 1 aliphatic rings. The second-order valence-corrected chi connectivity index (χ2v) is 6.28. The summed E-state index contributed by atoms with van der Waals surface area (Å²) in [6.07, 6.45) is -5.95. The topological polar surface area (TPSA) is 118 Å². The van der Waals surface area contributed by atoms with Crippen molar-refractivity contribution >= 4 is 17.9 Å². The molecule has 1 saturated heterocycles. The highest BCUT2D eigenvalue weighted by atomic mass is 16.7. The van der Waals surface area contributed by atoms with Gasteiger partial charge in [-0.15, -0.1) is 0 Å². The van der Waals surface area contributed by atoms with Crippen molar-refractivity contribution < 1.29 is 43.2 Å².